The van der Waals surface area contributed by atoms with E-state index in [1.54, 1.807) is 0 Å². The second kappa shape index (κ2) is 8.49. The van der Waals surface area contributed by atoms with Crippen LogP contribution in [0.2, 0.25) is 20.1 Å². The first kappa shape index (κ1) is 18.1. The summed E-state index contributed by atoms with van der Waals surface area (Å²) in [5.74, 6) is -1.70. The normalized spacial score (nSPS) is 10.7. The third-order valence-corrected chi connectivity index (χ3v) is 3.62. The molecular weight excluding hydrogens is 362 g/mol. The number of hydrogen-bond acceptors (Lipinski definition) is 4. The molecule has 0 N–H and O–H groups in total. The molecule has 0 fully saturated rings. The third kappa shape index (κ3) is 5.40. The van der Waals surface area contributed by atoms with Gasteiger partial charge in [-0.05, 0) is 12.5 Å². The molecule has 0 spiro atoms. The fraction of sp³-hybridized carbons (Fsp3) is 0.231. The van der Waals surface area contributed by atoms with E-state index in [9.17, 15) is 9.59 Å². The molecule has 0 atom stereocenters. The zero-order chi connectivity index (χ0) is 16.0. The summed E-state index contributed by atoms with van der Waals surface area (Å²) >= 11 is 23.4. The summed E-state index contributed by atoms with van der Waals surface area (Å²) in [6, 6.07) is 1.32. The molecular formula is C13H10Cl4O4. The van der Waals surface area contributed by atoms with Gasteiger partial charge < -0.3 is 9.47 Å². The lowest BCUT2D eigenvalue weighted by Crippen LogP contribution is -2.07. The second-order valence-electron chi connectivity index (χ2n) is 3.72. The molecule has 21 heavy (non-hydrogen) atoms. The van der Waals surface area contributed by atoms with Gasteiger partial charge in [-0.2, -0.15) is 0 Å². The predicted octanol–water partition coefficient (Wildman–Crippen LogP) is 4.72. The molecule has 0 bridgehead atoms. The second-order valence-corrected chi connectivity index (χ2v) is 5.29. The largest absolute Gasteiger partial charge is 0.463 e. The van der Waals surface area contributed by atoms with Crippen LogP contribution in [0.25, 0.3) is 0 Å². The van der Waals surface area contributed by atoms with Crippen molar-refractivity contribution in [1.82, 2.24) is 0 Å². The molecule has 0 aromatic heterocycles. The lowest BCUT2D eigenvalue weighted by Gasteiger charge is -2.09. The monoisotopic (exact) mass is 370 g/mol. The number of halogens is 4. The number of rotatable bonds is 5. The maximum atomic E-state index is 11.6. The van der Waals surface area contributed by atoms with Crippen molar-refractivity contribution < 1.29 is 19.1 Å². The molecule has 0 radical (unpaired) electrons. The Hall–Kier alpha value is -0.940. The Morgan fingerprint density at radius 1 is 1.05 bits per heavy atom. The average Bonchev–Trinajstić information content (AvgIpc) is 2.45. The fourth-order valence-electron chi connectivity index (χ4n) is 1.16. The van der Waals surface area contributed by atoms with Gasteiger partial charge in [0.05, 0.1) is 16.7 Å². The molecule has 0 saturated carbocycles. The maximum Gasteiger partial charge on any atom is 0.336 e. The van der Waals surface area contributed by atoms with E-state index >= 15 is 0 Å². The first-order chi connectivity index (χ1) is 9.86. The number of hydrogen-bond donors (Lipinski definition) is 0. The van der Waals surface area contributed by atoms with Crippen LogP contribution in [-0.4, -0.2) is 18.5 Å². The average molecular weight is 372 g/mol. The van der Waals surface area contributed by atoms with Crippen molar-refractivity contribution in [3.63, 3.8) is 0 Å². The van der Waals surface area contributed by atoms with Gasteiger partial charge in [0.2, 0.25) is 0 Å². The van der Waals surface area contributed by atoms with Crippen molar-refractivity contribution in [1.29, 1.82) is 0 Å². The molecule has 4 nitrogen and oxygen atoms in total. The Morgan fingerprint density at radius 3 is 2.10 bits per heavy atom. The number of carbonyl (C=O) groups is 2. The van der Waals surface area contributed by atoms with Gasteiger partial charge in [0.15, 0.2) is 5.75 Å². The van der Waals surface area contributed by atoms with Gasteiger partial charge in [-0.25, -0.2) is 9.59 Å². The first-order valence-corrected chi connectivity index (χ1v) is 7.27. The molecule has 114 valence electrons. The number of benzene rings is 1. The third-order valence-electron chi connectivity index (χ3n) is 2.08. The molecule has 0 saturated heterocycles. The molecule has 1 aromatic rings. The van der Waals surface area contributed by atoms with Crippen LogP contribution >= 0.6 is 46.4 Å². The van der Waals surface area contributed by atoms with E-state index in [4.69, 9.17) is 55.9 Å². The number of carbonyl (C=O) groups excluding carboxylic acids is 2. The van der Waals surface area contributed by atoms with Crippen molar-refractivity contribution in [2.75, 3.05) is 6.61 Å². The van der Waals surface area contributed by atoms with Crippen LogP contribution in [0, 0.1) is 0 Å². The fourth-order valence-corrected chi connectivity index (χ4v) is 2.03. The minimum Gasteiger partial charge on any atom is -0.463 e. The summed E-state index contributed by atoms with van der Waals surface area (Å²) in [7, 11) is 0. The van der Waals surface area contributed by atoms with Gasteiger partial charge in [0, 0.05) is 12.2 Å². The van der Waals surface area contributed by atoms with Crippen molar-refractivity contribution in [3.05, 3.63) is 38.3 Å². The van der Waals surface area contributed by atoms with Gasteiger partial charge in [0.25, 0.3) is 0 Å². The zero-order valence-electron chi connectivity index (χ0n) is 10.8. The Bertz CT molecular complexity index is 558. The molecule has 0 aliphatic carbocycles. The van der Waals surface area contributed by atoms with E-state index in [0.29, 0.717) is 6.42 Å². The van der Waals surface area contributed by atoms with Crippen molar-refractivity contribution >= 4 is 58.3 Å². The topological polar surface area (TPSA) is 52.6 Å². The van der Waals surface area contributed by atoms with Gasteiger partial charge in [0.1, 0.15) is 10.0 Å². The Labute approximate surface area is 141 Å². The highest BCUT2D eigenvalue weighted by atomic mass is 35.5. The summed E-state index contributed by atoms with van der Waals surface area (Å²) in [5, 5.41) is 0.0585. The van der Waals surface area contributed by atoms with Crippen LogP contribution < -0.4 is 4.74 Å². The molecule has 1 aromatic carbocycles. The summed E-state index contributed by atoms with van der Waals surface area (Å²) < 4.78 is 9.68. The molecule has 0 aliphatic rings. The van der Waals surface area contributed by atoms with Crippen LogP contribution in [0.4, 0.5) is 0 Å². The van der Waals surface area contributed by atoms with Gasteiger partial charge in [-0.1, -0.05) is 53.3 Å². The minimum atomic E-state index is -0.870. The first-order valence-electron chi connectivity index (χ1n) is 5.76. The van der Waals surface area contributed by atoms with E-state index < -0.39 is 11.9 Å². The molecule has 1 rings (SSSR count). The lowest BCUT2D eigenvalue weighted by molar-refractivity contribution is -0.138. The molecule has 0 amide bonds. The molecule has 0 unspecified atom stereocenters. The molecule has 0 heterocycles. The van der Waals surface area contributed by atoms with E-state index in [1.807, 2.05) is 6.92 Å². The van der Waals surface area contributed by atoms with Gasteiger partial charge in [-0.15, -0.1) is 0 Å². The zero-order valence-corrected chi connectivity index (χ0v) is 13.8. The highest BCUT2D eigenvalue weighted by molar-refractivity contribution is 6.48. The van der Waals surface area contributed by atoms with Gasteiger partial charge in [-0.3, -0.25) is 0 Å². The van der Waals surface area contributed by atoms with Crippen LogP contribution in [0.1, 0.15) is 13.3 Å². The van der Waals surface area contributed by atoms with Crippen LogP contribution in [-0.2, 0) is 14.3 Å². The van der Waals surface area contributed by atoms with Crippen molar-refractivity contribution in [2.24, 2.45) is 0 Å². The summed E-state index contributed by atoms with van der Waals surface area (Å²) in [5.41, 5.74) is 0. The van der Waals surface area contributed by atoms with Crippen LogP contribution in [0.5, 0.6) is 5.75 Å². The van der Waals surface area contributed by atoms with Crippen molar-refractivity contribution in [3.8, 4) is 5.75 Å². The van der Waals surface area contributed by atoms with Crippen LogP contribution in [0.3, 0.4) is 0 Å². The molecule has 8 heteroatoms. The molecule has 0 aliphatic heterocycles. The Kier molecular flexibility index (Phi) is 7.32. The summed E-state index contributed by atoms with van der Waals surface area (Å²) in [6.45, 7) is 2.11. The van der Waals surface area contributed by atoms with E-state index in [1.165, 1.54) is 6.07 Å². The highest BCUT2D eigenvalue weighted by Crippen LogP contribution is 2.42. The number of esters is 2. The predicted molar refractivity (Wildman–Crippen MR) is 82.5 cm³/mol. The van der Waals surface area contributed by atoms with E-state index in [-0.39, 0.29) is 32.4 Å². The Balaban J connectivity index is 2.80. The minimum absolute atomic E-state index is 0.0543. The summed E-state index contributed by atoms with van der Waals surface area (Å²) in [4.78, 5) is 22.8. The smallest absolute Gasteiger partial charge is 0.336 e. The number of ether oxygens (including phenoxy) is 2. The SMILES string of the molecule is CCCOC(=O)/C=C/C(=O)Oc1c(Cl)c(Cl)cc(Cl)c1Cl. The maximum absolute atomic E-state index is 11.6. The lowest BCUT2D eigenvalue weighted by atomic mass is 10.3. The van der Waals surface area contributed by atoms with Crippen molar-refractivity contribution in [2.45, 2.75) is 13.3 Å². The Morgan fingerprint density at radius 2 is 1.57 bits per heavy atom. The highest BCUT2D eigenvalue weighted by Gasteiger charge is 2.17. The quantitative estimate of drug-likeness (QED) is 0.325. The van der Waals surface area contributed by atoms with Crippen LogP contribution in [0.15, 0.2) is 18.2 Å². The summed E-state index contributed by atoms with van der Waals surface area (Å²) in [6.07, 6.45) is 2.50. The van der Waals surface area contributed by atoms with Gasteiger partial charge >= 0.3 is 11.9 Å². The standard InChI is InChI=1S/C13H10Cl4O4/c1-2-5-20-9(18)3-4-10(19)21-13-11(16)7(14)6-8(15)12(13)17/h3-4,6H,2,5H2,1H3/b4-3+. The van der Waals surface area contributed by atoms with E-state index in [0.717, 1.165) is 12.2 Å². The van der Waals surface area contributed by atoms with E-state index in [2.05, 4.69) is 0 Å².